The van der Waals surface area contributed by atoms with Crippen LogP contribution >= 0.6 is 0 Å². The first-order chi connectivity index (χ1) is 9.99. The fourth-order valence-corrected chi connectivity index (χ4v) is 2.66. The van der Waals surface area contributed by atoms with Crippen molar-refractivity contribution in [1.82, 2.24) is 0 Å². The molecule has 0 saturated carbocycles. The molecule has 0 aliphatic carbocycles. The van der Waals surface area contributed by atoms with Crippen LogP contribution in [0, 0.1) is 32.1 Å². The molecule has 0 bridgehead atoms. The zero-order valence-electron chi connectivity index (χ0n) is 13.0. The average molecular weight is 276 g/mol. The maximum atomic E-state index is 9.27. The summed E-state index contributed by atoms with van der Waals surface area (Å²) >= 11 is 0. The SMILES string of the molecule is C/C=C(\c1cc(C#N)c(C)cc1C)c1cccc(N)c1C. The number of hydrogen-bond donors (Lipinski definition) is 1. The molecule has 0 aliphatic heterocycles. The van der Waals surface area contributed by atoms with Gasteiger partial charge in [-0.1, -0.05) is 24.3 Å². The molecule has 2 aromatic rings. The number of nitriles is 1. The molecular formula is C19H20N2. The number of benzene rings is 2. The maximum Gasteiger partial charge on any atom is 0.0994 e. The van der Waals surface area contributed by atoms with E-state index in [0.717, 1.165) is 39.1 Å². The number of rotatable bonds is 2. The molecule has 0 aromatic heterocycles. The third-order valence-corrected chi connectivity index (χ3v) is 3.94. The highest BCUT2D eigenvalue weighted by Crippen LogP contribution is 2.31. The van der Waals surface area contributed by atoms with Crippen LogP contribution in [-0.4, -0.2) is 0 Å². The lowest BCUT2D eigenvalue weighted by Gasteiger charge is -2.16. The molecule has 0 radical (unpaired) electrons. The molecule has 2 rings (SSSR count). The van der Waals surface area contributed by atoms with Crippen molar-refractivity contribution >= 4 is 11.3 Å². The van der Waals surface area contributed by atoms with E-state index in [1.165, 1.54) is 5.56 Å². The van der Waals surface area contributed by atoms with Crippen molar-refractivity contribution in [3.8, 4) is 6.07 Å². The average Bonchev–Trinajstić information content (AvgIpc) is 2.46. The van der Waals surface area contributed by atoms with Crippen molar-refractivity contribution < 1.29 is 0 Å². The van der Waals surface area contributed by atoms with Gasteiger partial charge < -0.3 is 5.73 Å². The van der Waals surface area contributed by atoms with Crippen LogP contribution in [-0.2, 0) is 0 Å². The molecule has 2 aromatic carbocycles. The van der Waals surface area contributed by atoms with Gasteiger partial charge in [-0.15, -0.1) is 0 Å². The summed E-state index contributed by atoms with van der Waals surface area (Å²) in [6.07, 6.45) is 2.08. The van der Waals surface area contributed by atoms with Gasteiger partial charge in [-0.05, 0) is 73.2 Å². The van der Waals surface area contributed by atoms with Gasteiger partial charge in [-0.3, -0.25) is 0 Å². The summed E-state index contributed by atoms with van der Waals surface area (Å²) < 4.78 is 0. The monoisotopic (exact) mass is 276 g/mol. The summed E-state index contributed by atoms with van der Waals surface area (Å²) in [6.45, 7) is 8.09. The number of aryl methyl sites for hydroxylation is 2. The first-order valence-electron chi connectivity index (χ1n) is 7.03. The van der Waals surface area contributed by atoms with Crippen LogP contribution in [0.15, 0.2) is 36.4 Å². The second kappa shape index (κ2) is 5.85. The lowest BCUT2D eigenvalue weighted by atomic mass is 9.89. The van der Waals surface area contributed by atoms with Gasteiger partial charge >= 0.3 is 0 Å². The summed E-state index contributed by atoms with van der Waals surface area (Å²) in [5, 5.41) is 9.27. The van der Waals surface area contributed by atoms with Crippen molar-refractivity contribution in [1.29, 1.82) is 5.26 Å². The van der Waals surface area contributed by atoms with Gasteiger partial charge in [0.25, 0.3) is 0 Å². The Morgan fingerprint density at radius 3 is 2.43 bits per heavy atom. The summed E-state index contributed by atoms with van der Waals surface area (Å²) in [5.41, 5.74) is 14.1. The van der Waals surface area contributed by atoms with E-state index in [4.69, 9.17) is 5.73 Å². The van der Waals surface area contributed by atoms with E-state index in [9.17, 15) is 5.26 Å². The molecule has 106 valence electrons. The summed E-state index contributed by atoms with van der Waals surface area (Å²) in [6, 6.07) is 12.3. The van der Waals surface area contributed by atoms with Crippen molar-refractivity contribution in [3.63, 3.8) is 0 Å². The second-order valence-electron chi connectivity index (χ2n) is 5.32. The second-order valence-corrected chi connectivity index (χ2v) is 5.32. The number of nitrogens with two attached hydrogens (primary N) is 1. The Morgan fingerprint density at radius 2 is 1.81 bits per heavy atom. The standard InChI is InChI=1S/C19H20N2/c1-5-16(17-7-6-8-19(21)14(17)4)18-10-15(11-20)12(2)9-13(18)3/h5-10H,21H2,1-4H3/b16-5-. The van der Waals surface area contributed by atoms with Crippen LogP contribution in [0.2, 0.25) is 0 Å². The normalized spacial score (nSPS) is 11.3. The Bertz CT molecular complexity index is 762. The smallest absolute Gasteiger partial charge is 0.0994 e. The Hall–Kier alpha value is -2.53. The van der Waals surface area contributed by atoms with Crippen LogP contribution in [0.1, 0.15) is 40.3 Å². The van der Waals surface area contributed by atoms with E-state index in [1.807, 2.05) is 39.0 Å². The Labute approximate surface area is 126 Å². The molecule has 0 aliphatic rings. The fourth-order valence-electron chi connectivity index (χ4n) is 2.66. The van der Waals surface area contributed by atoms with E-state index >= 15 is 0 Å². The predicted octanol–water partition coefficient (Wildman–Crippen LogP) is 4.52. The summed E-state index contributed by atoms with van der Waals surface area (Å²) in [7, 11) is 0. The highest BCUT2D eigenvalue weighted by atomic mass is 14.6. The van der Waals surface area contributed by atoms with Gasteiger partial charge in [-0.25, -0.2) is 0 Å². The molecule has 2 heteroatoms. The van der Waals surface area contributed by atoms with Gasteiger partial charge in [0.1, 0.15) is 0 Å². The quantitative estimate of drug-likeness (QED) is 0.820. The third kappa shape index (κ3) is 2.68. The summed E-state index contributed by atoms with van der Waals surface area (Å²) in [5.74, 6) is 0. The van der Waals surface area contributed by atoms with Crippen LogP contribution in [0.25, 0.3) is 5.57 Å². The Kier molecular flexibility index (Phi) is 4.14. The maximum absolute atomic E-state index is 9.27. The van der Waals surface area contributed by atoms with E-state index in [0.29, 0.717) is 0 Å². The number of nitrogen functional groups attached to an aromatic ring is 1. The van der Waals surface area contributed by atoms with Crippen molar-refractivity contribution in [2.24, 2.45) is 0 Å². The molecule has 0 fully saturated rings. The van der Waals surface area contributed by atoms with Gasteiger partial charge in [0, 0.05) is 5.69 Å². The van der Waals surface area contributed by atoms with Gasteiger partial charge in [0.2, 0.25) is 0 Å². The Morgan fingerprint density at radius 1 is 1.10 bits per heavy atom. The third-order valence-electron chi connectivity index (χ3n) is 3.94. The largest absolute Gasteiger partial charge is 0.398 e. The van der Waals surface area contributed by atoms with E-state index in [1.54, 1.807) is 0 Å². The lowest BCUT2D eigenvalue weighted by molar-refractivity contribution is 1.31. The van der Waals surface area contributed by atoms with E-state index < -0.39 is 0 Å². The first-order valence-corrected chi connectivity index (χ1v) is 7.03. The molecule has 21 heavy (non-hydrogen) atoms. The van der Waals surface area contributed by atoms with Crippen molar-refractivity contribution in [3.05, 3.63) is 69.8 Å². The van der Waals surface area contributed by atoms with Crippen LogP contribution in [0.3, 0.4) is 0 Å². The molecule has 2 N–H and O–H groups in total. The predicted molar refractivity (Wildman–Crippen MR) is 89.0 cm³/mol. The zero-order valence-corrected chi connectivity index (χ0v) is 13.0. The molecule has 2 nitrogen and oxygen atoms in total. The first kappa shape index (κ1) is 14.9. The minimum atomic E-state index is 0.719. The van der Waals surface area contributed by atoms with Crippen LogP contribution in [0.4, 0.5) is 5.69 Å². The number of hydrogen-bond acceptors (Lipinski definition) is 2. The topological polar surface area (TPSA) is 49.8 Å². The molecular weight excluding hydrogens is 256 g/mol. The van der Waals surface area contributed by atoms with E-state index in [-0.39, 0.29) is 0 Å². The van der Waals surface area contributed by atoms with Crippen molar-refractivity contribution in [2.75, 3.05) is 5.73 Å². The fraction of sp³-hybridized carbons (Fsp3) is 0.211. The minimum Gasteiger partial charge on any atom is -0.398 e. The zero-order chi connectivity index (χ0) is 15.6. The van der Waals surface area contributed by atoms with E-state index in [2.05, 4.69) is 31.2 Å². The molecule has 0 spiro atoms. The highest BCUT2D eigenvalue weighted by Gasteiger charge is 2.13. The van der Waals surface area contributed by atoms with Crippen LogP contribution in [0.5, 0.6) is 0 Å². The lowest BCUT2D eigenvalue weighted by Crippen LogP contribution is -1.99. The van der Waals surface area contributed by atoms with Gasteiger partial charge in [-0.2, -0.15) is 5.26 Å². The molecule has 0 amide bonds. The molecule has 0 unspecified atom stereocenters. The Balaban J connectivity index is 2.69. The van der Waals surface area contributed by atoms with Gasteiger partial charge in [0.05, 0.1) is 11.6 Å². The van der Waals surface area contributed by atoms with Crippen molar-refractivity contribution in [2.45, 2.75) is 27.7 Å². The number of allylic oxidation sites excluding steroid dienone is 1. The molecule has 0 heterocycles. The number of anilines is 1. The molecule has 0 saturated heterocycles. The summed E-state index contributed by atoms with van der Waals surface area (Å²) in [4.78, 5) is 0. The minimum absolute atomic E-state index is 0.719. The van der Waals surface area contributed by atoms with Crippen LogP contribution < -0.4 is 5.73 Å². The molecule has 0 atom stereocenters. The van der Waals surface area contributed by atoms with Gasteiger partial charge in [0.15, 0.2) is 0 Å². The highest BCUT2D eigenvalue weighted by molar-refractivity contribution is 5.85. The number of nitrogens with zero attached hydrogens (tertiary/aromatic N) is 1.